The van der Waals surface area contributed by atoms with E-state index in [2.05, 4.69) is 18.7 Å². The van der Waals surface area contributed by atoms with Gasteiger partial charge in [-0.2, -0.15) is 0 Å². The van der Waals surface area contributed by atoms with Crippen LogP contribution in [-0.2, 0) is 4.79 Å². The number of likely N-dealkylation sites (tertiary alicyclic amines) is 1. The van der Waals surface area contributed by atoms with Crippen LogP contribution in [0.15, 0.2) is 0 Å². The van der Waals surface area contributed by atoms with Gasteiger partial charge in [0.25, 0.3) is 5.91 Å². The number of hydrogen-bond donors (Lipinski definition) is 1. The van der Waals surface area contributed by atoms with Crippen LogP contribution < -0.4 is 0 Å². The van der Waals surface area contributed by atoms with Crippen LogP contribution in [0.3, 0.4) is 0 Å². The van der Waals surface area contributed by atoms with Crippen LogP contribution in [0.5, 0.6) is 0 Å². The van der Waals surface area contributed by atoms with Gasteiger partial charge in [-0.1, -0.05) is 0 Å². The van der Waals surface area contributed by atoms with E-state index in [1.54, 1.807) is 11.9 Å². The molecule has 1 aliphatic heterocycles. The van der Waals surface area contributed by atoms with Crippen LogP contribution in [0.2, 0.25) is 0 Å². The third-order valence-electron chi connectivity index (χ3n) is 3.50. The molecule has 0 radical (unpaired) electrons. The SMILES string of the molecule is CC(C)N1CCC(O)(C(=O)N(C)C(C)C)C1. The highest BCUT2D eigenvalue weighted by atomic mass is 16.3. The monoisotopic (exact) mass is 228 g/mol. The van der Waals surface area contributed by atoms with E-state index < -0.39 is 5.60 Å². The van der Waals surface area contributed by atoms with E-state index in [0.717, 1.165) is 6.54 Å². The van der Waals surface area contributed by atoms with Crippen molar-refractivity contribution in [3.63, 3.8) is 0 Å². The summed E-state index contributed by atoms with van der Waals surface area (Å²) < 4.78 is 0. The Kier molecular flexibility index (Phi) is 3.97. The average Bonchev–Trinajstić information content (AvgIpc) is 2.60. The second-order valence-corrected chi connectivity index (χ2v) is 5.36. The van der Waals surface area contributed by atoms with Crippen molar-refractivity contribution in [2.75, 3.05) is 20.1 Å². The molecule has 16 heavy (non-hydrogen) atoms. The lowest BCUT2D eigenvalue weighted by Crippen LogP contribution is -2.51. The fourth-order valence-corrected chi connectivity index (χ4v) is 2.00. The van der Waals surface area contributed by atoms with Crippen LogP contribution >= 0.6 is 0 Å². The van der Waals surface area contributed by atoms with Gasteiger partial charge in [-0.15, -0.1) is 0 Å². The van der Waals surface area contributed by atoms with Gasteiger partial charge in [0, 0.05) is 32.2 Å². The van der Waals surface area contributed by atoms with Crippen molar-refractivity contribution < 1.29 is 9.90 Å². The van der Waals surface area contributed by atoms with Gasteiger partial charge in [-0.25, -0.2) is 0 Å². The molecule has 1 amide bonds. The Labute approximate surface area is 98.2 Å². The highest BCUT2D eigenvalue weighted by molar-refractivity contribution is 5.85. The fourth-order valence-electron chi connectivity index (χ4n) is 2.00. The molecular formula is C12H24N2O2. The van der Waals surface area contributed by atoms with Gasteiger partial charge < -0.3 is 10.0 Å². The normalized spacial score (nSPS) is 26.8. The van der Waals surface area contributed by atoms with Gasteiger partial charge in [0.2, 0.25) is 0 Å². The summed E-state index contributed by atoms with van der Waals surface area (Å²) in [5.74, 6) is -0.148. The zero-order valence-corrected chi connectivity index (χ0v) is 11.0. The lowest BCUT2D eigenvalue weighted by molar-refractivity contribution is -0.150. The highest BCUT2D eigenvalue weighted by Gasteiger charge is 2.45. The Hall–Kier alpha value is -0.610. The molecule has 1 unspecified atom stereocenters. The Bertz CT molecular complexity index is 266. The van der Waals surface area contributed by atoms with Gasteiger partial charge in [-0.3, -0.25) is 9.69 Å². The molecule has 1 aliphatic rings. The summed E-state index contributed by atoms with van der Waals surface area (Å²) >= 11 is 0. The largest absolute Gasteiger partial charge is 0.379 e. The molecule has 1 N–H and O–H groups in total. The van der Waals surface area contributed by atoms with E-state index in [4.69, 9.17) is 0 Å². The predicted octanol–water partition coefficient (Wildman–Crippen LogP) is 0.698. The lowest BCUT2D eigenvalue weighted by atomic mass is 10.0. The van der Waals surface area contributed by atoms with E-state index in [0.29, 0.717) is 19.0 Å². The Morgan fingerprint density at radius 1 is 1.38 bits per heavy atom. The maximum Gasteiger partial charge on any atom is 0.255 e. The second kappa shape index (κ2) is 4.72. The molecule has 0 aromatic heterocycles. The number of carbonyl (C=O) groups excluding carboxylic acids is 1. The maximum absolute atomic E-state index is 12.1. The lowest BCUT2D eigenvalue weighted by Gasteiger charge is -2.31. The van der Waals surface area contributed by atoms with E-state index in [1.165, 1.54) is 0 Å². The van der Waals surface area contributed by atoms with Crippen molar-refractivity contribution in [3.05, 3.63) is 0 Å². The number of hydrogen-bond acceptors (Lipinski definition) is 3. The fraction of sp³-hybridized carbons (Fsp3) is 0.917. The van der Waals surface area contributed by atoms with Crippen molar-refractivity contribution in [1.82, 2.24) is 9.80 Å². The first kappa shape index (κ1) is 13.5. The molecular weight excluding hydrogens is 204 g/mol. The molecule has 94 valence electrons. The number of likely N-dealkylation sites (N-methyl/N-ethyl adjacent to an activating group) is 1. The zero-order chi connectivity index (χ0) is 12.5. The zero-order valence-electron chi connectivity index (χ0n) is 11.0. The Morgan fingerprint density at radius 3 is 2.31 bits per heavy atom. The first-order valence-electron chi connectivity index (χ1n) is 6.01. The number of β-amino-alcohol motifs (C(OH)–C–C–N with tert-alkyl or cyclic N) is 1. The van der Waals surface area contributed by atoms with Crippen molar-refractivity contribution in [2.45, 2.75) is 51.8 Å². The van der Waals surface area contributed by atoms with E-state index >= 15 is 0 Å². The first-order valence-corrected chi connectivity index (χ1v) is 6.01. The smallest absolute Gasteiger partial charge is 0.255 e. The topological polar surface area (TPSA) is 43.8 Å². The second-order valence-electron chi connectivity index (χ2n) is 5.36. The minimum absolute atomic E-state index is 0.129. The molecule has 1 heterocycles. The summed E-state index contributed by atoms with van der Waals surface area (Å²) in [5.41, 5.74) is -1.18. The predicted molar refractivity (Wildman–Crippen MR) is 64.2 cm³/mol. The molecule has 0 aliphatic carbocycles. The number of amides is 1. The molecule has 1 saturated heterocycles. The van der Waals surface area contributed by atoms with Crippen molar-refractivity contribution >= 4 is 5.91 Å². The van der Waals surface area contributed by atoms with Crippen LogP contribution in [0.4, 0.5) is 0 Å². The van der Waals surface area contributed by atoms with Crippen LogP contribution in [0, 0.1) is 0 Å². The van der Waals surface area contributed by atoms with Crippen LogP contribution in [-0.4, -0.2) is 58.6 Å². The van der Waals surface area contributed by atoms with Gasteiger partial charge >= 0.3 is 0 Å². The molecule has 4 heteroatoms. The first-order chi connectivity index (χ1) is 7.28. The van der Waals surface area contributed by atoms with Crippen molar-refractivity contribution in [3.8, 4) is 0 Å². The minimum atomic E-state index is -1.18. The van der Waals surface area contributed by atoms with E-state index in [9.17, 15) is 9.90 Å². The summed E-state index contributed by atoms with van der Waals surface area (Å²) in [6.07, 6.45) is 0.543. The van der Waals surface area contributed by atoms with E-state index in [1.807, 2.05) is 13.8 Å². The highest BCUT2D eigenvalue weighted by Crippen LogP contribution is 2.25. The summed E-state index contributed by atoms with van der Waals surface area (Å²) in [4.78, 5) is 15.9. The maximum atomic E-state index is 12.1. The number of rotatable bonds is 3. The van der Waals surface area contributed by atoms with Crippen molar-refractivity contribution in [2.24, 2.45) is 0 Å². The average molecular weight is 228 g/mol. The molecule has 0 saturated carbocycles. The van der Waals surface area contributed by atoms with Gasteiger partial charge in [0.05, 0.1) is 0 Å². The molecule has 0 aromatic rings. The van der Waals surface area contributed by atoms with Gasteiger partial charge in [0.15, 0.2) is 5.60 Å². The standard InChI is InChI=1S/C12H24N2O2/c1-9(2)13(5)11(15)12(16)6-7-14(8-12)10(3)4/h9-10,16H,6-8H2,1-5H3. The molecule has 1 fully saturated rings. The Balaban J connectivity index is 2.70. The molecule has 1 rings (SSSR count). The Morgan fingerprint density at radius 2 is 1.94 bits per heavy atom. The molecule has 0 spiro atoms. The molecule has 4 nitrogen and oxygen atoms in total. The number of aliphatic hydroxyl groups is 1. The minimum Gasteiger partial charge on any atom is -0.379 e. The number of nitrogens with zero attached hydrogens (tertiary/aromatic N) is 2. The van der Waals surface area contributed by atoms with Crippen molar-refractivity contribution in [1.29, 1.82) is 0 Å². The quantitative estimate of drug-likeness (QED) is 0.773. The van der Waals surface area contributed by atoms with Crippen LogP contribution in [0.1, 0.15) is 34.1 Å². The van der Waals surface area contributed by atoms with Gasteiger partial charge in [0.1, 0.15) is 0 Å². The third kappa shape index (κ3) is 2.55. The number of carbonyl (C=O) groups is 1. The summed E-state index contributed by atoms with van der Waals surface area (Å²) in [6.45, 7) is 9.34. The summed E-state index contributed by atoms with van der Waals surface area (Å²) in [6, 6.07) is 0.510. The molecule has 0 bridgehead atoms. The van der Waals surface area contributed by atoms with Crippen LogP contribution in [0.25, 0.3) is 0 Å². The summed E-state index contributed by atoms with van der Waals surface area (Å²) in [5, 5.41) is 10.4. The van der Waals surface area contributed by atoms with E-state index in [-0.39, 0.29) is 11.9 Å². The third-order valence-corrected chi connectivity index (χ3v) is 3.50. The molecule has 0 aromatic carbocycles. The summed E-state index contributed by atoms with van der Waals surface area (Å²) in [7, 11) is 1.75. The van der Waals surface area contributed by atoms with Gasteiger partial charge in [-0.05, 0) is 34.1 Å². The molecule has 1 atom stereocenters.